The van der Waals surface area contributed by atoms with E-state index in [4.69, 9.17) is 4.74 Å². The van der Waals surface area contributed by atoms with Crippen LogP contribution in [0.2, 0.25) is 0 Å². The number of ether oxygens (including phenoxy) is 1. The third kappa shape index (κ3) is 6.81. The van der Waals surface area contributed by atoms with Gasteiger partial charge in [0.1, 0.15) is 11.8 Å². The first-order valence-electron chi connectivity index (χ1n) is 13.2. The molecule has 1 saturated heterocycles. The van der Waals surface area contributed by atoms with Crippen molar-refractivity contribution in [2.75, 3.05) is 24.3 Å². The number of likely N-dealkylation sites (tertiary alicyclic amines) is 1. The van der Waals surface area contributed by atoms with Crippen molar-refractivity contribution in [1.29, 1.82) is 0 Å². The van der Waals surface area contributed by atoms with E-state index in [1.807, 2.05) is 37.3 Å². The number of anilines is 2. The number of amides is 3. The van der Waals surface area contributed by atoms with Gasteiger partial charge < -0.3 is 25.4 Å². The lowest BCUT2D eigenvalue weighted by Gasteiger charge is -2.29. The van der Waals surface area contributed by atoms with Crippen molar-refractivity contribution < 1.29 is 24.2 Å². The Labute approximate surface area is 218 Å². The van der Waals surface area contributed by atoms with Crippen LogP contribution in [0.4, 0.5) is 16.2 Å². The molecule has 0 bridgehead atoms. The fourth-order valence-corrected chi connectivity index (χ4v) is 5.62. The predicted molar refractivity (Wildman–Crippen MR) is 143 cm³/mol. The zero-order chi connectivity index (χ0) is 26.4. The maximum atomic E-state index is 12.6. The Bertz CT molecular complexity index is 1110. The number of methoxy groups -OCH3 is 1. The Morgan fingerprint density at radius 1 is 1.00 bits per heavy atom. The molecule has 0 radical (unpaired) electrons. The zero-order valence-electron chi connectivity index (χ0n) is 21.7. The molecule has 0 aromatic heterocycles. The summed E-state index contributed by atoms with van der Waals surface area (Å²) in [5.74, 6) is 0.687. The van der Waals surface area contributed by atoms with Gasteiger partial charge in [-0.15, -0.1) is 0 Å². The van der Waals surface area contributed by atoms with Crippen LogP contribution in [-0.2, 0) is 9.59 Å². The molecule has 3 N–H and O–H groups in total. The van der Waals surface area contributed by atoms with Crippen molar-refractivity contribution in [2.45, 2.75) is 70.3 Å². The van der Waals surface area contributed by atoms with Crippen molar-refractivity contribution in [3.8, 4) is 5.75 Å². The lowest BCUT2D eigenvalue weighted by Crippen LogP contribution is -2.40. The smallest absolute Gasteiger partial charge is 0.326 e. The van der Waals surface area contributed by atoms with Gasteiger partial charge in [0.15, 0.2) is 0 Å². The first-order valence-corrected chi connectivity index (χ1v) is 13.2. The molecule has 2 aromatic carbocycles. The van der Waals surface area contributed by atoms with Crippen LogP contribution in [0.3, 0.4) is 0 Å². The molecule has 0 spiro atoms. The number of benzene rings is 2. The van der Waals surface area contributed by atoms with Crippen molar-refractivity contribution in [2.24, 2.45) is 5.92 Å². The molecule has 2 aromatic rings. The lowest BCUT2D eigenvalue weighted by molar-refractivity contribution is -0.148. The average molecular weight is 508 g/mol. The topological polar surface area (TPSA) is 108 Å². The molecule has 2 aliphatic rings. The summed E-state index contributed by atoms with van der Waals surface area (Å²) in [5, 5.41) is 15.0. The molecule has 3 amide bonds. The van der Waals surface area contributed by atoms with E-state index in [1.165, 1.54) is 5.56 Å². The zero-order valence-corrected chi connectivity index (χ0v) is 21.7. The van der Waals surface area contributed by atoms with Crippen LogP contribution in [-0.4, -0.2) is 47.6 Å². The number of aryl methyl sites for hydroxylation is 1. The Morgan fingerprint density at radius 2 is 1.73 bits per heavy atom. The highest BCUT2D eigenvalue weighted by Gasteiger charge is 2.34. The normalized spacial score (nSPS) is 21.4. The number of nitrogens with zero attached hydrogens (tertiary/aromatic N) is 1. The number of carboxylic acid groups (broad SMARTS) is 1. The van der Waals surface area contributed by atoms with Gasteiger partial charge in [0.05, 0.1) is 12.8 Å². The highest BCUT2D eigenvalue weighted by Crippen LogP contribution is 2.38. The molecule has 1 atom stereocenters. The molecule has 8 nitrogen and oxygen atoms in total. The van der Waals surface area contributed by atoms with Crippen LogP contribution in [0.25, 0.3) is 0 Å². The maximum Gasteiger partial charge on any atom is 0.326 e. The van der Waals surface area contributed by atoms with Crippen molar-refractivity contribution >= 4 is 29.3 Å². The number of hydrogen-bond donors (Lipinski definition) is 3. The number of hydrogen-bond acceptors (Lipinski definition) is 4. The second-order valence-corrected chi connectivity index (χ2v) is 10.2. The van der Waals surface area contributed by atoms with E-state index >= 15 is 0 Å². The van der Waals surface area contributed by atoms with Crippen LogP contribution < -0.4 is 15.4 Å². The van der Waals surface area contributed by atoms with Gasteiger partial charge in [0, 0.05) is 18.7 Å². The number of carboxylic acids is 1. The van der Waals surface area contributed by atoms with Crippen LogP contribution in [0.1, 0.15) is 68.4 Å². The molecular formula is C29H37N3O5. The van der Waals surface area contributed by atoms with Gasteiger partial charge in [-0.3, -0.25) is 4.79 Å². The highest BCUT2D eigenvalue weighted by molar-refractivity contribution is 6.00. The summed E-state index contributed by atoms with van der Waals surface area (Å²) in [6, 6.07) is 12.7. The molecule has 1 heterocycles. The minimum absolute atomic E-state index is 0.0139. The molecule has 1 saturated carbocycles. The van der Waals surface area contributed by atoms with E-state index in [-0.39, 0.29) is 11.9 Å². The van der Waals surface area contributed by atoms with Gasteiger partial charge in [0.25, 0.3) is 0 Å². The summed E-state index contributed by atoms with van der Waals surface area (Å²) in [7, 11) is 1.57. The third-order valence-corrected chi connectivity index (χ3v) is 7.71. The number of carbonyl (C=O) groups is 3. The Kier molecular flexibility index (Phi) is 8.69. The van der Waals surface area contributed by atoms with E-state index in [9.17, 15) is 19.5 Å². The summed E-state index contributed by atoms with van der Waals surface area (Å²) in [6.07, 6.45) is 6.89. The molecule has 37 heavy (non-hydrogen) atoms. The van der Waals surface area contributed by atoms with Gasteiger partial charge in [-0.05, 0) is 99.1 Å². The van der Waals surface area contributed by atoms with Crippen molar-refractivity contribution in [1.82, 2.24) is 4.90 Å². The standard InChI is InChI=1S/C29H37N3O5/c1-19-5-15-26(37-2)24(18-19)31-29(36)30-23-13-11-22(12-14-23)21-9-6-20(7-10-21)8-16-27(33)32-17-3-4-25(32)28(34)35/h5,11-15,18,20-21,25H,3-4,6-10,16-17H2,1-2H3,(H,34,35)(H2,30,31,36)/t20-,21-,25-/m1/s1. The van der Waals surface area contributed by atoms with Gasteiger partial charge >= 0.3 is 12.0 Å². The number of rotatable bonds is 8. The van der Waals surface area contributed by atoms with E-state index in [0.29, 0.717) is 42.7 Å². The van der Waals surface area contributed by atoms with Gasteiger partial charge in [-0.2, -0.15) is 0 Å². The fraction of sp³-hybridized carbons (Fsp3) is 0.483. The number of urea groups is 1. The molecule has 2 fully saturated rings. The second-order valence-electron chi connectivity index (χ2n) is 10.2. The Balaban J connectivity index is 1.22. The minimum Gasteiger partial charge on any atom is -0.495 e. The summed E-state index contributed by atoms with van der Waals surface area (Å²) in [6.45, 7) is 2.52. The van der Waals surface area contributed by atoms with Gasteiger partial charge in [-0.25, -0.2) is 9.59 Å². The summed E-state index contributed by atoms with van der Waals surface area (Å²) < 4.78 is 5.32. The fourth-order valence-electron chi connectivity index (χ4n) is 5.62. The summed E-state index contributed by atoms with van der Waals surface area (Å²) in [5.41, 5.74) is 3.64. The first kappa shape index (κ1) is 26.5. The van der Waals surface area contributed by atoms with Crippen LogP contribution >= 0.6 is 0 Å². The highest BCUT2D eigenvalue weighted by atomic mass is 16.5. The monoisotopic (exact) mass is 507 g/mol. The predicted octanol–water partition coefficient (Wildman–Crippen LogP) is 5.78. The number of nitrogens with one attached hydrogen (secondary N) is 2. The summed E-state index contributed by atoms with van der Waals surface area (Å²) in [4.78, 5) is 38.0. The van der Waals surface area contributed by atoms with E-state index in [1.54, 1.807) is 12.0 Å². The quantitative estimate of drug-likeness (QED) is 0.420. The van der Waals surface area contributed by atoms with Crippen molar-refractivity contribution in [3.63, 3.8) is 0 Å². The average Bonchev–Trinajstić information content (AvgIpc) is 3.39. The van der Waals surface area contributed by atoms with E-state index in [0.717, 1.165) is 49.8 Å². The summed E-state index contributed by atoms with van der Waals surface area (Å²) >= 11 is 0. The maximum absolute atomic E-state index is 12.6. The Morgan fingerprint density at radius 3 is 2.41 bits per heavy atom. The third-order valence-electron chi connectivity index (χ3n) is 7.71. The molecule has 8 heteroatoms. The molecule has 198 valence electrons. The molecule has 1 aliphatic carbocycles. The Hall–Kier alpha value is -3.55. The first-order chi connectivity index (χ1) is 17.8. The van der Waals surface area contributed by atoms with Gasteiger partial charge in [-0.1, -0.05) is 18.2 Å². The van der Waals surface area contributed by atoms with E-state index < -0.39 is 12.0 Å². The number of aliphatic carboxylic acids is 1. The molecule has 1 aliphatic heterocycles. The van der Waals surface area contributed by atoms with Crippen LogP contribution in [0.15, 0.2) is 42.5 Å². The molecule has 4 rings (SSSR count). The van der Waals surface area contributed by atoms with E-state index in [2.05, 4.69) is 22.8 Å². The minimum atomic E-state index is -0.889. The second kappa shape index (κ2) is 12.1. The largest absolute Gasteiger partial charge is 0.495 e. The molecular weight excluding hydrogens is 470 g/mol. The molecule has 0 unspecified atom stereocenters. The van der Waals surface area contributed by atoms with Crippen molar-refractivity contribution in [3.05, 3.63) is 53.6 Å². The van der Waals surface area contributed by atoms with Crippen LogP contribution in [0, 0.1) is 12.8 Å². The van der Waals surface area contributed by atoms with Crippen LogP contribution in [0.5, 0.6) is 5.75 Å². The van der Waals surface area contributed by atoms with Gasteiger partial charge in [0.2, 0.25) is 5.91 Å². The SMILES string of the molecule is COc1ccc(C)cc1NC(=O)Nc1ccc([C@H]2CC[C@H](CCC(=O)N3CCC[C@@H]3C(=O)O)CC2)cc1. The lowest BCUT2D eigenvalue weighted by atomic mass is 9.77. The number of carbonyl (C=O) groups excluding carboxylic acids is 2.